The van der Waals surface area contributed by atoms with Crippen LogP contribution in [0.15, 0.2) is 59.2 Å². The molecule has 1 N–H and O–H groups in total. The first kappa shape index (κ1) is 27.3. The van der Waals surface area contributed by atoms with Crippen LogP contribution in [0, 0.1) is 70.6 Å². The largest absolute Gasteiger partial charge is 0.354 e. The number of nitrogens with zero attached hydrogens (tertiary/aromatic N) is 1. The van der Waals surface area contributed by atoms with Crippen LogP contribution < -0.4 is 0 Å². The molecule has 7 heteroatoms. The molecule has 1 aliphatic heterocycles. The lowest BCUT2D eigenvalue weighted by atomic mass is 9.96. The van der Waals surface area contributed by atoms with Gasteiger partial charge in [-0.3, -0.25) is 0 Å². The summed E-state index contributed by atoms with van der Waals surface area (Å²) in [4.78, 5) is 7.81. The Morgan fingerprint density at radius 2 is 1.07 bits per heavy atom. The molecule has 2 heterocycles. The monoisotopic (exact) mass is 546 g/mol. The highest BCUT2D eigenvalue weighted by Crippen LogP contribution is 2.38. The number of nitrogens with one attached hydrogen (secondary N) is 1. The Bertz CT molecular complexity index is 1730. The molecule has 0 fully saturated rings. The average molecular weight is 547 g/mol. The number of aryl methyl sites for hydroxylation is 6. The van der Waals surface area contributed by atoms with Crippen molar-refractivity contribution in [3.05, 3.63) is 134 Å². The second-order valence-electron chi connectivity index (χ2n) is 10.4. The fourth-order valence-corrected chi connectivity index (χ4v) is 5.74. The first-order chi connectivity index (χ1) is 18.9. The molecule has 0 unspecified atom stereocenters. The molecule has 5 rings (SSSR count). The van der Waals surface area contributed by atoms with E-state index in [9.17, 15) is 13.2 Å². The third kappa shape index (κ3) is 4.49. The first-order valence-corrected chi connectivity index (χ1v) is 12.8. The van der Waals surface area contributed by atoms with Crippen molar-refractivity contribution in [1.29, 1.82) is 0 Å². The molecule has 40 heavy (non-hydrogen) atoms. The van der Waals surface area contributed by atoms with E-state index in [-0.39, 0.29) is 17.0 Å². The summed E-state index contributed by atoms with van der Waals surface area (Å²) < 4.78 is 73.3. The van der Waals surface area contributed by atoms with Gasteiger partial charge >= 0.3 is 0 Å². The predicted molar refractivity (Wildman–Crippen MR) is 149 cm³/mol. The number of benzene rings is 3. The standard InChI is InChI=1S/C33H27F5N2/c1-15-11-17(3)25(18(4)12-15)21-7-9-23(39-21)27(28-29(34)31(36)33(38)32(37)30(28)35)24-10-8-22(40-24)26-19(5)13-16(2)14-20(26)6/h7-14,39H,1-6H3/b27-24+. The minimum Gasteiger partial charge on any atom is -0.354 e. The SMILES string of the molecule is Cc1cc(C)c(C2=N/C(=C(\c3ccc(-c4c(C)cc(C)cc4C)[nH]3)c3c(F)c(F)c(F)c(F)c3F)C=C2)c(C)c1. The van der Waals surface area contributed by atoms with Crippen LogP contribution in [0.1, 0.15) is 50.2 Å². The van der Waals surface area contributed by atoms with Crippen LogP contribution >= 0.6 is 0 Å². The molecule has 0 aliphatic carbocycles. The lowest BCUT2D eigenvalue weighted by Crippen LogP contribution is -2.08. The van der Waals surface area contributed by atoms with Gasteiger partial charge in [0.25, 0.3) is 0 Å². The zero-order chi connectivity index (χ0) is 29.0. The Kier molecular flexibility index (Phi) is 6.86. The van der Waals surface area contributed by atoms with E-state index in [4.69, 9.17) is 0 Å². The number of rotatable bonds is 4. The number of allylic oxidation sites excluding steroid dienone is 2. The highest BCUT2D eigenvalue weighted by molar-refractivity contribution is 6.14. The third-order valence-electron chi connectivity index (χ3n) is 7.19. The molecule has 0 spiro atoms. The molecule has 3 aromatic carbocycles. The van der Waals surface area contributed by atoms with Crippen LogP contribution in [0.25, 0.3) is 16.8 Å². The Balaban J connectivity index is 1.79. The van der Waals surface area contributed by atoms with E-state index >= 15 is 8.78 Å². The van der Waals surface area contributed by atoms with E-state index in [1.165, 1.54) is 6.08 Å². The van der Waals surface area contributed by atoms with Gasteiger partial charge in [0.15, 0.2) is 23.3 Å². The van der Waals surface area contributed by atoms with E-state index in [0.717, 1.165) is 44.5 Å². The van der Waals surface area contributed by atoms with Crippen molar-refractivity contribution in [1.82, 2.24) is 4.98 Å². The van der Waals surface area contributed by atoms with E-state index in [0.29, 0.717) is 11.4 Å². The van der Waals surface area contributed by atoms with Gasteiger partial charge in [-0.25, -0.2) is 26.9 Å². The molecule has 0 radical (unpaired) electrons. The highest BCUT2D eigenvalue weighted by atomic mass is 19.2. The zero-order valence-corrected chi connectivity index (χ0v) is 23.0. The van der Waals surface area contributed by atoms with Crippen molar-refractivity contribution in [3.63, 3.8) is 0 Å². The normalized spacial score (nSPS) is 14.2. The summed E-state index contributed by atoms with van der Waals surface area (Å²) >= 11 is 0. The van der Waals surface area contributed by atoms with Gasteiger partial charge in [0, 0.05) is 28.1 Å². The van der Waals surface area contributed by atoms with E-state index in [1.807, 2.05) is 65.8 Å². The smallest absolute Gasteiger partial charge is 0.200 e. The van der Waals surface area contributed by atoms with Crippen LogP contribution in [-0.4, -0.2) is 10.7 Å². The molecule has 0 atom stereocenters. The van der Waals surface area contributed by atoms with Crippen molar-refractivity contribution in [2.75, 3.05) is 0 Å². The molecule has 2 nitrogen and oxygen atoms in total. The summed E-state index contributed by atoms with van der Waals surface area (Å²) in [7, 11) is 0. The molecule has 0 saturated heterocycles. The van der Waals surface area contributed by atoms with Gasteiger partial charge in [0.05, 0.1) is 17.0 Å². The number of hydrogen-bond donors (Lipinski definition) is 1. The molecule has 1 aromatic heterocycles. The summed E-state index contributed by atoms with van der Waals surface area (Å²) in [6.45, 7) is 11.7. The van der Waals surface area contributed by atoms with E-state index < -0.39 is 34.6 Å². The predicted octanol–water partition coefficient (Wildman–Crippen LogP) is 9.05. The molecule has 0 bridgehead atoms. The lowest BCUT2D eigenvalue weighted by Gasteiger charge is -2.14. The van der Waals surface area contributed by atoms with Crippen molar-refractivity contribution < 1.29 is 22.0 Å². The Labute approximate surface area is 229 Å². The van der Waals surface area contributed by atoms with Gasteiger partial charge in [-0.2, -0.15) is 0 Å². The van der Waals surface area contributed by atoms with E-state index in [1.54, 1.807) is 18.2 Å². The second-order valence-corrected chi connectivity index (χ2v) is 10.4. The quantitative estimate of drug-likeness (QED) is 0.150. The lowest BCUT2D eigenvalue weighted by molar-refractivity contribution is 0.376. The minimum absolute atomic E-state index is 0.0725. The molecule has 0 saturated carbocycles. The molecular formula is C33H27F5N2. The second kappa shape index (κ2) is 10.0. The summed E-state index contributed by atoms with van der Waals surface area (Å²) in [5.41, 5.74) is 7.87. The van der Waals surface area contributed by atoms with E-state index in [2.05, 4.69) is 9.98 Å². The molecule has 204 valence electrons. The maximum absolute atomic E-state index is 15.2. The first-order valence-electron chi connectivity index (χ1n) is 12.8. The average Bonchev–Trinajstić information content (AvgIpc) is 3.53. The van der Waals surface area contributed by atoms with Crippen LogP contribution in [0.5, 0.6) is 0 Å². The number of aromatic nitrogens is 1. The Morgan fingerprint density at radius 3 is 1.60 bits per heavy atom. The van der Waals surface area contributed by atoms with Gasteiger partial charge in [0.2, 0.25) is 5.82 Å². The number of hydrogen-bond acceptors (Lipinski definition) is 1. The summed E-state index contributed by atoms with van der Waals surface area (Å²) in [6, 6.07) is 11.3. The van der Waals surface area contributed by atoms with Crippen LogP contribution in [0.2, 0.25) is 0 Å². The fourth-order valence-electron chi connectivity index (χ4n) is 5.74. The maximum Gasteiger partial charge on any atom is 0.200 e. The van der Waals surface area contributed by atoms with Gasteiger partial charge in [0.1, 0.15) is 0 Å². The zero-order valence-electron chi connectivity index (χ0n) is 23.0. The third-order valence-corrected chi connectivity index (χ3v) is 7.19. The highest BCUT2D eigenvalue weighted by Gasteiger charge is 2.31. The van der Waals surface area contributed by atoms with Crippen molar-refractivity contribution in [3.8, 4) is 11.3 Å². The maximum atomic E-state index is 15.2. The van der Waals surface area contributed by atoms with Crippen LogP contribution in [-0.2, 0) is 0 Å². The Morgan fingerprint density at radius 1 is 0.600 bits per heavy atom. The van der Waals surface area contributed by atoms with Crippen molar-refractivity contribution in [2.45, 2.75) is 41.5 Å². The summed E-state index contributed by atoms with van der Waals surface area (Å²) in [6.07, 6.45) is 3.22. The Hall–Kier alpha value is -4.26. The summed E-state index contributed by atoms with van der Waals surface area (Å²) in [5, 5.41) is 0. The van der Waals surface area contributed by atoms with Gasteiger partial charge in [-0.1, -0.05) is 35.4 Å². The molecule has 1 aliphatic rings. The van der Waals surface area contributed by atoms with Crippen LogP contribution in [0.4, 0.5) is 22.0 Å². The van der Waals surface area contributed by atoms with Crippen molar-refractivity contribution in [2.24, 2.45) is 4.99 Å². The number of aromatic amines is 1. The fraction of sp³-hybridized carbons (Fsp3) is 0.182. The number of aliphatic imine (C=N–C) groups is 1. The van der Waals surface area contributed by atoms with Gasteiger partial charge in [-0.05, 0) is 88.1 Å². The number of halogens is 5. The molecule has 4 aromatic rings. The minimum atomic E-state index is -2.21. The molecule has 0 amide bonds. The number of H-pyrrole nitrogens is 1. The van der Waals surface area contributed by atoms with Gasteiger partial charge < -0.3 is 4.98 Å². The van der Waals surface area contributed by atoms with Crippen LogP contribution in [0.3, 0.4) is 0 Å². The van der Waals surface area contributed by atoms with Gasteiger partial charge in [-0.15, -0.1) is 0 Å². The molecular weight excluding hydrogens is 519 g/mol. The van der Waals surface area contributed by atoms with Crippen molar-refractivity contribution >= 4 is 11.3 Å². The summed E-state index contributed by atoms with van der Waals surface area (Å²) in [5.74, 6) is -10.1. The topological polar surface area (TPSA) is 28.1 Å².